The summed E-state index contributed by atoms with van der Waals surface area (Å²) in [5.41, 5.74) is 2.55. The fourth-order valence-electron chi connectivity index (χ4n) is 2.70. The third-order valence-electron chi connectivity index (χ3n) is 3.61. The zero-order chi connectivity index (χ0) is 14.4. The Morgan fingerprint density at radius 1 is 0.857 bits per heavy atom. The molecule has 0 aliphatic rings. The van der Waals surface area contributed by atoms with Gasteiger partial charge < -0.3 is 0 Å². The van der Waals surface area contributed by atoms with Crippen LogP contribution in [0.25, 0.3) is 31.3 Å². The molecule has 0 unspecified atom stereocenters. The van der Waals surface area contributed by atoms with Crippen LogP contribution in [0.5, 0.6) is 0 Å². The fraction of sp³-hybridized carbons (Fsp3) is 0. The highest BCUT2D eigenvalue weighted by molar-refractivity contribution is 14.1. The second-order valence-electron chi connectivity index (χ2n) is 4.90. The van der Waals surface area contributed by atoms with E-state index in [1.165, 1.54) is 34.9 Å². The molecule has 0 amide bonds. The molecule has 0 fully saturated rings. The molecule has 0 radical (unpaired) electrons. The van der Waals surface area contributed by atoms with Crippen LogP contribution in [0.1, 0.15) is 0 Å². The summed E-state index contributed by atoms with van der Waals surface area (Å²) in [7, 11) is 0. The molecular formula is C18H10BrIS. The number of hydrogen-bond donors (Lipinski definition) is 0. The smallest absolute Gasteiger partial charge is 0.0362 e. The molecule has 1 aromatic heterocycles. The van der Waals surface area contributed by atoms with Gasteiger partial charge in [-0.05, 0) is 58.5 Å². The van der Waals surface area contributed by atoms with Crippen LogP contribution in [-0.2, 0) is 0 Å². The van der Waals surface area contributed by atoms with Crippen molar-refractivity contribution in [3.05, 3.63) is 68.7 Å². The molecule has 102 valence electrons. The van der Waals surface area contributed by atoms with Crippen molar-refractivity contribution in [2.45, 2.75) is 0 Å². The largest absolute Gasteiger partial charge is 0.135 e. The maximum Gasteiger partial charge on any atom is 0.0362 e. The Kier molecular flexibility index (Phi) is 3.52. The standard InChI is InChI=1S/C18H10BrIS/c19-14-7-9-16-18(17(14)11-4-2-1-3-5-11)13-10-12(20)6-8-15(13)21-16/h1-10H. The lowest BCUT2D eigenvalue weighted by molar-refractivity contribution is 1.64. The maximum atomic E-state index is 3.75. The van der Waals surface area contributed by atoms with Gasteiger partial charge in [0, 0.05) is 33.8 Å². The van der Waals surface area contributed by atoms with Gasteiger partial charge in [-0.2, -0.15) is 0 Å². The Morgan fingerprint density at radius 3 is 2.43 bits per heavy atom. The molecule has 21 heavy (non-hydrogen) atoms. The van der Waals surface area contributed by atoms with E-state index in [4.69, 9.17) is 0 Å². The van der Waals surface area contributed by atoms with E-state index in [9.17, 15) is 0 Å². The van der Waals surface area contributed by atoms with Gasteiger partial charge in [-0.1, -0.05) is 46.3 Å². The van der Waals surface area contributed by atoms with Gasteiger partial charge in [0.05, 0.1) is 0 Å². The van der Waals surface area contributed by atoms with Crippen LogP contribution in [0, 0.1) is 3.57 Å². The minimum absolute atomic E-state index is 1.15. The molecular weight excluding hydrogens is 455 g/mol. The molecule has 0 aliphatic carbocycles. The zero-order valence-electron chi connectivity index (χ0n) is 10.9. The molecule has 0 saturated heterocycles. The second-order valence-corrected chi connectivity index (χ2v) is 8.09. The topological polar surface area (TPSA) is 0 Å². The van der Waals surface area contributed by atoms with E-state index in [1.54, 1.807) is 0 Å². The summed E-state index contributed by atoms with van der Waals surface area (Å²) in [5, 5.41) is 2.70. The second kappa shape index (κ2) is 5.38. The number of halogens is 2. The molecule has 0 N–H and O–H groups in total. The average Bonchev–Trinajstić information content (AvgIpc) is 2.86. The Labute approximate surface area is 149 Å². The summed E-state index contributed by atoms with van der Waals surface area (Å²) in [5.74, 6) is 0. The van der Waals surface area contributed by atoms with Crippen molar-refractivity contribution in [1.82, 2.24) is 0 Å². The molecule has 4 rings (SSSR count). The summed E-state index contributed by atoms with van der Waals surface area (Å²) in [6, 6.07) is 21.7. The van der Waals surface area contributed by atoms with Crippen molar-refractivity contribution in [1.29, 1.82) is 0 Å². The van der Waals surface area contributed by atoms with E-state index in [0.29, 0.717) is 0 Å². The van der Waals surface area contributed by atoms with Crippen molar-refractivity contribution < 1.29 is 0 Å². The lowest BCUT2D eigenvalue weighted by Gasteiger charge is -2.07. The number of fused-ring (bicyclic) bond motifs is 3. The van der Waals surface area contributed by atoms with Gasteiger partial charge in [-0.25, -0.2) is 0 Å². The summed E-state index contributed by atoms with van der Waals surface area (Å²) in [6.07, 6.45) is 0. The van der Waals surface area contributed by atoms with Gasteiger partial charge in [-0.15, -0.1) is 11.3 Å². The van der Waals surface area contributed by atoms with Gasteiger partial charge >= 0.3 is 0 Å². The number of thiophene rings is 1. The van der Waals surface area contributed by atoms with E-state index >= 15 is 0 Å². The number of hydrogen-bond acceptors (Lipinski definition) is 1. The molecule has 0 nitrogen and oxygen atoms in total. The summed E-state index contributed by atoms with van der Waals surface area (Å²) < 4.78 is 5.12. The predicted octanol–water partition coefficient (Wildman–Crippen LogP) is 7.09. The average molecular weight is 465 g/mol. The molecule has 0 saturated carbocycles. The summed E-state index contributed by atoms with van der Waals surface area (Å²) in [4.78, 5) is 0. The normalized spacial score (nSPS) is 11.3. The minimum atomic E-state index is 1.15. The monoisotopic (exact) mass is 464 g/mol. The Morgan fingerprint density at radius 2 is 1.62 bits per heavy atom. The number of benzene rings is 3. The van der Waals surface area contributed by atoms with Gasteiger partial charge in [-0.3, -0.25) is 0 Å². The van der Waals surface area contributed by atoms with Crippen LogP contribution in [0.15, 0.2) is 65.1 Å². The van der Waals surface area contributed by atoms with E-state index in [2.05, 4.69) is 99.2 Å². The molecule has 1 heterocycles. The van der Waals surface area contributed by atoms with Crippen molar-refractivity contribution in [3.63, 3.8) is 0 Å². The van der Waals surface area contributed by atoms with Crippen molar-refractivity contribution in [2.24, 2.45) is 0 Å². The maximum absolute atomic E-state index is 3.75. The molecule has 4 aromatic rings. The van der Waals surface area contributed by atoms with Gasteiger partial charge in [0.15, 0.2) is 0 Å². The van der Waals surface area contributed by atoms with Crippen LogP contribution < -0.4 is 0 Å². The van der Waals surface area contributed by atoms with E-state index < -0.39 is 0 Å². The Balaban J connectivity index is 2.21. The van der Waals surface area contributed by atoms with Crippen molar-refractivity contribution in [2.75, 3.05) is 0 Å². The predicted molar refractivity (Wildman–Crippen MR) is 105 cm³/mol. The van der Waals surface area contributed by atoms with Gasteiger partial charge in [0.2, 0.25) is 0 Å². The highest BCUT2D eigenvalue weighted by Gasteiger charge is 2.14. The van der Waals surface area contributed by atoms with Crippen molar-refractivity contribution in [3.8, 4) is 11.1 Å². The van der Waals surface area contributed by atoms with E-state index in [1.807, 2.05) is 11.3 Å². The molecule has 0 spiro atoms. The summed E-state index contributed by atoms with van der Waals surface area (Å²) >= 11 is 8.00. The first-order chi connectivity index (χ1) is 10.2. The third kappa shape index (κ3) is 2.31. The quantitative estimate of drug-likeness (QED) is 0.264. The van der Waals surface area contributed by atoms with Gasteiger partial charge in [0.1, 0.15) is 0 Å². The van der Waals surface area contributed by atoms with Crippen LogP contribution >= 0.6 is 49.9 Å². The first kappa shape index (κ1) is 13.7. The van der Waals surface area contributed by atoms with Gasteiger partial charge in [0.25, 0.3) is 0 Å². The molecule has 3 heteroatoms. The minimum Gasteiger partial charge on any atom is -0.135 e. The molecule has 0 aliphatic heterocycles. The Bertz CT molecular complexity index is 957. The Hall–Kier alpha value is -0.910. The lowest BCUT2D eigenvalue weighted by atomic mass is 10.00. The summed E-state index contributed by atoms with van der Waals surface area (Å²) in [6.45, 7) is 0. The van der Waals surface area contributed by atoms with E-state index in [-0.39, 0.29) is 0 Å². The third-order valence-corrected chi connectivity index (χ3v) is 6.08. The molecule has 0 bridgehead atoms. The molecule has 3 aromatic carbocycles. The van der Waals surface area contributed by atoms with E-state index in [0.717, 1.165) is 4.47 Å². The highest BCUT2D eigenvalue weighted by Crippen LogP contribution is 2.43. The molecule has 0 atom stereocenters. The van der Waals surface area contributed by atoms with Crippen LogP contribution in [0.2, 0.25) is 0 Å². The van der Waals surface area contributed by atoms with Crippen LogP contribution in [-0.4, -0.2) is 0 Å². The first-order valence-electron chi connectivity index (χ1n) is 6.60. The number of rotatable bonds is 1. The zero-order valence-corrected chi connectivity index (χ0v) is 15.5. The SMILES string of the molecule is Brc1ccc2sc3ccc(I)cc3c2c1-c1ccccc1. The fourth-order valence-corrected chi connectivity index (χ4v) is 4.85. The lowest BCUT2D eigenvalue weighted by Crippen LogP contribution is -1.81. The van der Waals surface area contributed by atoms with Crippen molar-refractivity contribution >= 4 is 70.0 Å². The highest BCUT2D eigenvalue weighted by atomic mass is 127. The first-order valence-corrected chi connectivity index (χ1v) is 9.28. The van der Waals surface area contributed by atoms with Crippen LogP contribution in [0.4, 0.5) is 0 Å². The van der Waals surface area contributed by atoms with Crippen LogP contribution in [0.3, 0.4) is 0 Å².